The molecule has 6 heteroatoms. The third-order valence-corrected chi connectivity index (χ3v) is 15.4. The Bertz CT molecular complexity index is 4580. The van der Waals surface area contributed by atoms with Crippen molar-refractivity contribution in [3.05, 3.63) is 237 Å². The summed E-state index contributed by atoms with van der Waals surface area (Å²) in [6.07, 6.45) is 0. The zero-order valence-electron chi connectivity index (χ0n) is 37.7. The highest BCUT2D eigenvalue weighted by Crippen LogP contribution is 2.43. The van der Waals surface area contributed by atoms with E-state index < -0.39 is 0 Å². The van der Waals surface area contributed by atoms with E-state index in [9.17, 15) is 0 Å². The monoisotopic (exact) mass is 909 g/mol. The Morgan fingerprint density at radius 3 is 1.51 bits per heavy atom. The second-order valence-corrected chi connectivity index (χ2v) is 19.2. The molecule has 70 heavy (non-hydrogen) atoms. The maximum Gasteiger partial charge on any atom is 0.235 e. The van der Waals surface area contributed by atoms with Crippen LogP contribution in [0.15, 0.2) is 237 Å². The molecule has 5 aromatic heterocycles. The van der Waals surface area contributed by atoms with Crippen LogP contribution in [-0.2, 0) is 0 Å². The van der Waals surface area contributed by atoms with Crippen LogP contribution in [-0.4, -0.2) is 23.7 Å². The van der Waals surface area contributed by atoms with E-state index in [0.29, 0.717) is 5.95 Å². The van der Waals surface area contributed by atoms with E-state index in [2.05, 4.69) is 250 Å². The molecule has 5 heterocycles. The van der Waals surface area contributed by atoms with Crippen molar-refractivity contribution in [3.63, 3.8) is 0 Å². The number of thiophene rings is 1. The highest BCUT2D eigenvalue weighted by Gasteiger charge is 2.22. The summed E-state index contributed by atoms with van der Waals surface area (Å²) < 4.78 is 8.11. The predicted molar refractivity (Wildman–Crippen MR) is 294 cm³/mol. The molecule has 0 amide bonds. The van der Waals surface area contributed by atoms with Crippen LogP contribution in [0.2, 0.25) is 0 Å². The van der Waals surface area contributed by atoms with Gasteiger partial charge in [-0.05, 0) is 112 Å². The van der Waals surface area contributed by atoms with Crippen LogP contribution in [0.1, 0.15) is 0 Å². The number of nitrogens with zero attached hydrogens (tertiary/aromatic N) is 5. The van der Waals surface area contributed by atoms with E-state index in [1.807, 2.05) is 0 Å². The minimum absolute atomic E-state index is 0.642. The standard InChI is InChI=1S/C64H39N5S/c1-4-16-40(17-5-1)61-39-54-63(70-61)62(45-30-33-57-51(36-45)49-25-13-15-27-56(49)67(57)46-20-6-2-7-21-46)66-64(65-54)69-58-32-29-43(35-52(58)53-34-41-18-10-11-19-42(41)37-60(53)69)44-28-31-50-48-24-12-14-26-55(48)68(59(50)38-44)47-22-8-3-9-23-47/h1-39H. The van der Waals surface area contributed by atoms with Gasteiger partial charge in [-0.2, -0.15) is 0 Å². The molecule has 0 saturated heterocycles. The van der Waals surface area contributed by atoms with Gasteiger partial charge in [0, 0.05) is 54.1 Å². The van der Waals surface area contributed by atoms with E-state index >= 15 is 0 Å². The third-order valence-electron chi connectivity index (χ3n) is 14.2. The van der Waals surface area contributed by atoms with Crippen LogP contribution in [0.25, 0.3) is 137 Å². The molecule has 0 spiro atoms. The Balaban J connectivity index is 0.971. The van der Waals surface area contributed by atoms with Crippen LogP contribution in [0, 0.1) is 0 Å². The van der Waals surface area contributed by atoms with Gasteiger partial charge in [-0.3, -0.25) is 4.57 Å². The van der Waals surface area contributed by atoms with Gasteiger partial charge in [0.2, 0.25) is 5.95 Å². The van der Waals surface area contributed by atoms with E-state index in [1.165, 1.54) is 48.9 Å². The molecule has 0 aliphatic carbocycles. The van der Waals surface area contributed by atoms with E-state index in [4.69, 9.17) is 9.97 Å². The summed E-state index contributed by atoms with van der Waals surface area (Å²) >= 11 is 1.76. The van der Waals surface area contributed by atoms with Crippen molar-refractivity contribution in [3.8, 4) is 50.1 Å². The number of hydrogen-bond acceptors (Lipinski definition) is 3. The first-order valence-electron chi connectivity index (χ1n) is 23.7. The van der Waals surface area contributed by atoms with E-state index in [-0.39, 0.29) is 0 Å². The van der Waals surface area contributed by atoms with Gasteiger partial charge in [-0.15, -0.1) is 11.3 Å². The molecule has 0 bridgehead atoms. The molecule has 0 aliphatic rings. The SMILES string of the molecule is c1ccc(-c2cc3nc(-n4c5ccc(-c6ccc7c8ccccc8n(-c8ccccc8)c7c6)cc5c5cc6ccccc6cc54)nc(-c4ccc5c(c4)c4ccccc4n5-c4ccccc4)c3s2)cc1. The van der Waals surface area contributed by atoms with Gasteiger partial charge in [-0.1, -0.05) is 152 Å². The van der Waals surface area contributed by atoms with Crippen molar-refractivity contribution in [1.82, 2.24) is 23.7 Å². The number of hydrogen-bond donors (Lipinski definition) is 0. The number of rotatable bonds is 6. The Hall–Kier alpha value is -9.10. The Kier molecular flexibility index (Phi) is 8.46. The fraction of sp³-hybridized carbons (Fsp3) is 0. The minimum Gasteiger partial charge on any atom is -0.309 e. The fourth-order valence-corrected chi connectivity index (χ4v) is 12.2. The number of benzene rings is 10. The Labute approximate surface area is 406 Å². The number of fused-ring (bicyclic) bond motifs is 11. The van der Waals surface area contributed by atoms with Crippen LogP contribution in [0.4, 0.5) is 0 Å². The van der Waals surface area contributed by atoms with Crippen LogP contribution < -0.4 is 0 Å². The summed E-state index contributed by atoms with van der Waals surface area (Å²) in [7, 11) is 0. The molecule has 0 aliphatic heterocycles. The molecule has 15 rings (SSSR count). The van der Waals surface area contributed by atoms with Gasteiger partial charge in [-0.25, -0.2) is 9.97 Å². The lowest BCUT2D eigenvalue weighted by molar-refractivity contribution is 1.02. The van der Waals surface area contributed by atoms with Gasteiger partial charge in [0.1, 0.15) is 0 Å². The lowest BCUT2D eigenvalue weighted by atomic mass is 10.0. The molecule has 0 N–H and O–H groups in total. The number of aromatic nitrogens is 5. The summed E-state index contributed by atoms with van der Waals surface area (Å²) in [5.41, 5.74) is 15.5. The molecule has 0 radical (unpaired) electrons. The van der Waals surface area contributed by atoms with Gasteiger partial charge >= 0.3 is 0 Å². The van der Waals surface area contributed by atoms with Gasteiger partial charge in [0.05, 0.1) is 49.0 Å². The summed E-state index contributed by atoms with van der Waals surface area (Å²) in [4.78, 5) is 12.4. The van der Waals surface area contributed by atoms with Gasteiger partial charge < -0.3 is 9.13 Å². The predicted octanol–water partition coefficient (Wildman–Crippen LogP) is 17.1. The molecular formula is C64H39N5S. The molecule has 0 saturated carbocycles. The summed E-state index contributed by atoms with van der Waals surface area (Å²) in [5, 5.41) is 9.54. The van der Waals surface area contributed by atoms with Crippen molar-refractivity contribution in [1.29, 1.82) is 0 Å². The maximum absolute atomic E-state index is 5.68. The lowest BCUT2D eigenvalue weighted by Gasteiger charge is -2.11. The van der Waals surface area contributed by atoms with Crippen LogP contribution >= 0.6 is 11.3 Å². The molecule has 5 nitrogen and oxygen atoms in total. The van der Waals surface area contributed by atoms with Crippen molar-refractivity contribution in [2.75, 3.05) is 0 Å². The first kappa shape index (κ1) is 38.9. The first-order chi connectivity index (χ1) is 34.7. The lowest BCUT2D eigenvalue weighted by Crippen LogP contribution is -2.02. The second-order valence-electron chi connectivity index (χ2n) is 18.2. The molecule has 326 valence electrons. The van der Waals surface area contributed by atoms with Crippen LogP contribution in [0.5, 0.6) is 0 Å². The third kappa shape index (κ3) is 5.90. The molecule has 0 fully saturated rings. The molecule has 0 unspecified atom stereocenters. The Morgan fingerprint density at radius 2 is 0.786 bits per heavy atom. The normalized spacial score (nSPS) is 12.0. The van der Waals surface area contributed by atoms with Crippen molar-refractivity contribution in [2.45, 2.75) is 0 Å². The topological polar surface area (TPSA) is 40.6 Å². The van der Waals surface area contributed by atoms with Crippen molar-refractivity contribution >= 4 is 97.7 Å². The quantitative estimate of drug-likeness (QED) is 0.167. The summed E-state index contributed by atoms with van der Waals surface area (Å²) in [5.74, 6) is 0.642. The maximum atomic E-state index is 5.68. The average Bonchev–Trinajstić information content (AvgIpc) is 4.18. The molecule has 10 aromatic carbocycles. The van der Waals surface area contributed by atoms with E-state index in [0.717, 1.165) is 81.7 Å². The molecular weight excluding hydrogens is 871 g/mol. The average molecular weight is 910 g/mol. The summed E-state index contributed by atoms with van der Waals surface area (Å²) in [6.45, 7) is 0. The smallest absolute Gasteiger partial charge is 0.235 e. The Morgan fingerprint density at radius 1 is 0.300 bits per heavy atom. The minimum atomic E-state index is 0.642. The molecule has 15 aromatic rings. The van der Waals surface area contributed by atoms with E-state index in [1.54, 1.807) is 11.3 Å². The van der Waals surface area contributed by atoms with Gasteiger partial charge in [0.25, 0.3) is 0 Å². The fourth-order valence-electron chi connectivity index (χ4n) is 11.0. The van der Waals surface area contributed by atoms with Crippen molar-refractivity contribution in [2.24, 2.45) is 0 Å². The van der Waals surface area contributed by atoms with Crippen molar-refractivity contribution < 1.29 is 0 Å². The number of para-hydroxylation sites is 4. The van der Waals surface area contributed by atoms with Gasteiger partial charge in [0.15, 0.2) is 0 Å². The van der Waals surface area contributed by atoms with Crippen LogP contribution in [0.3, 0.4) is 0 Å². The zero-order valence-corrected chi connectivity index (χ0v) is 38.5. The molecule has 0 atom stereocenters. The zero-order chi connectivity index (χ0) is 45.9. The second kappa shape index (κ2) is 15.2. The highest BCUT2D eigenvalue weighted by atomic mass is 32.1. The largest absolute Gasteiger partial charge is 0.309 e. The highest BCUT2D eigenvalue weighted by molar-refractivity contribution is 7.22. The summed E-state index contributed by atoms with van der Waals surface area (Å²) in [6, 6.07) is 85.6. The first-order valence-corrected chi connectivity index (χ1v) is 24.5.